The van der Waals surface area contributed by atoms with Crippen LogP contribution in [0.2, 0.25) is 0 Å². The molecule has 1 amide bonds. The predicted molar refractivity (Wildman–Crippen MR) is 89.0 cm³/mol. The van der Waals surface area contributed by atoms with Crippen molar-refractivity contribution in [3.05, 3.63) is 0 Å². The Kier molecular flexibility index (Phi) is 4.27. The van der Waals surface area contributed by atoms with Gasteiger partial charge >= 0.3 is 0 Å². The molecule has 3 saturated carbocycles. The average Bonchev–Trinajstić information content (AvgIpc) is 2.43. The van der Waals surface area contributed by atoms with Crippen molar-refractivity contribution in [2.75, 3.05) is 13.2 Å². The van der Waals surface area contributed by atoms with E-state index in [1.807, 2.05) is 27.7 Å². The Balaban J connectivity index is 1.62. The number of hydrogen-bond donors (Lipinski definition) is 2. The topological polar surface area (TPSA) is 73.6 Å². The van der Waals surface area contributed by atoms with E-state index < -0.39 is 5.54 Å². The molecule has 0 heterocycles. The van der Waals surface area contributed by atoms with Crippen LogP contribution >= 0.6 is 0 Å². The van der Waals surface area contributed by atoms with Gasteiger partial charge in [0.2, 0.25) is 5.91 Å². The number of amides is 1. The Morgan fingerprint density at radius 2 is 1.78 bits per heavy atom. The van der Waals surface area contributed by atoms with E-state index in [1.54, 1.807) is 0 Å². The lowest BCUT2D eigenvalue weighted by Gasteiger charge is -2.63. The van der Waals surface area contributed by atoms with Crippen molar-refractivity contribution < 1.29 is 14.3 Å². The molecule has 3 aliphatic rings. The van der Waals surface area contributed by atoms with Crippen LogP contribution in [0, 0.1) is 10.8 Å². The van der Waals surface area contributed by atoms with E-state index in [0.717, 1.165) is 25.9 Å². The first kappa shape index (κ1) is 17.2. The highest BCUT2D eigenvalue weighted by Crippen LogP contribution is 2.58. The monoisotopic (exact) mass is 324 g/mol. The molecule has 5 heteroatoms. The molecule has 0 bridgehead atoms. The van der Waals surface area contributed by atoms with Crippen LogP contribution in [-0.2, 0) is 14.3 Å². The molecule has 0 radical (unpaired) electrons. The summed E-state index contributed by atoms with van der Waals surface area (Å²) in [6.07, 6.45) is 5.46. The van der Waals surface area contributed by atoms with Gasteiger partial charge in [-0.15, -0.1) is 0 Å². The van der Waals surface area contributed by atoms with Crippen LogP contribution in [0.15, 0.2) is 0 Å². The molecule has 0 aromatic rings. The lowest BCUT2D eigenvalue weighted by atomic mass is 9.50. The van der Waals surface area contributed by atoms with E-state index in [-0.39, 0.29) is 28.9 Å². The van der Waals surface area contributed by atoms with Crippen molar-refractivity contribution in [3.8, 4) is 0 Å². The summed E-state index contributed by atoms with van der Waals surface area (Å²) in [5.41, 5.74) is 5.51. The predicted octanol–water partition coefficient (Wildman–Crippen LogP) is 1.98. The summed E-state index contributed by atoms with van der Waals surface area (Å²) in [6.45, 7) is 9.51. The first-order chi connectivity index (χ1) is 10.8. The van der Waals surface area contributed by atoms with Gasteiger partial charge in [-0.3, -0.25) is 4.79 Å². The Morgan fingerprint density at radius 3 is 2.26 bits per heavy atom. The first-order valence-electron chi connectivity index (χ1n) is 9.15. The van der Waals surface area contributed by atoms with Crippen LogP contribution in [0.3, 0.4) is 0 Å². The molecule has 5 nitrogen and oxygen atoms in total. The Hall–Kier alpha value is -0.650. The molecule has 0 aliphatic heterocycles. The normalized spacial score (nSPS) is 40.0. The van der Waals surface area contributed by atoms with Crippen molar-refractivity contribution in [3.63, 3.8) is 0 Å². The van der Waals surface area contributed by atoms with Crippen molar-refractivity contribution in [2.45, 2.75) is 83.6 Å². The minimum absolute atomic E-state index is 0.00956. The number of carbonyl (C=O) groups excluding carboxylic acids is 1. The maximum absolute atomic E-state index is 12.9. The van der Waals surface area contributed by atoms with Crippen LogP contribution < -0.4 is 11.1 Å². The lowest BCUT2D eigenvalue weighted by Crippen LogP contribution is -2.78. The third kappa shape index (κ3) is 2.27. The van der Waals surface area contributed by atoms with E-state index in [9.17, 15) is 4.79 Å². The maximum atomic E-state index is 12.9. The van der Waals surface area contributed by atoms with Crippen LogP contribution in [0.1, 0.15) is 59.8 Å². The number of nitrogens with one attached hydrogen (secondary N) is 1. The second-order valence-corrected chi connectivity index (χ2v) is 8.13. The van der Waals surface area contributed by atoms with Crippen LogP contribution in [-0.4, -0.2) is 42.9 Å². The zero-order chi connectivity index (χ0) is 16.9. The molecule has 3 rings (SSSR count). The maximum Gasteiger partial charge on any atom is 0.241 e. The summed E-state index contributed by atoms with van der Waals surface area (Å²) in [6, 6.07) is 0.225. The molecule has 0 aromatic heterocycles. The molecule has 3 fully saturated rings. The summed E-state index contributed by atoms with van der Waals surface area (Å²) in [4.78, 5) is 12.9. The molecule has 0 saturated heterocycles. The average molecular weight is 324 g/mol. The van der Waals surface area contributed by atoms with E-state index in [0.29, 0.717) is 19.1 Å². The Labute approximate surface area is 139 Å². The molecule has 132 valence electrons. The fourth-order valence-corrected chi connectivity index (χ4v) is 4.75. The molecule has 23 heavy (non-hydrogen) atoms. The number of nitrogens with two attached hydrogens (primary N) is 1. The van der Waals surface area contributed by atoms with E-state index in [2.05, 4.69) is 5.32 Å². The minimum Gasteiger partial charge on any atom is -0.378 e. The molecule has 0 aromatic carbocycles. The van der Waals surface area contributed by atoms with Crippen LogP contribution in [0.25, 0.3) is 0 Å². The third-order valence-electron chi connectivity index (χ3n) is 6.98. The zero-order valence-electron chi connectivity index (χ0n) is 15.0. The second kappa shape index (κ2) is 5.71. The molecule has 4 atom stereocenters. The van der Waals surface area contributed by atoms with Gasteiger partial charge in [0.25, 0.3) is 0 Å². The molecule has 1 spiro atoms. The van der Waals surface area contributed by atoms with E-state index >= 15 is 0 Å². The zero-order valence-corrected chi connectivity index (χ0v) is 15.0. The number of carbonyl (C=O) groups is 1. The van der Waals surface area contributed by atoms with E-state index in [1.165, 1.54) is 6.42 Å². The molecule has 4 unspecified atom stereocenters. The fourth-order valence-electron chi connectivity index (χ4n) is 4.75. The molecule has 3 N–H and O–H groups in total. The third-order valence-corrected chi connectivity index (χ3v) is 6.98. The fraction of sp³-hybridized carbons (Fsp3) is 0.944. The molecular weight excluding hydrogens is 292 g/mol. The van der Waals surface area contributed by atoms with Gasteiger partial charge in [-0.1, -0.05) is 20.3 Å². The van der Waals surface area contributed by atoms with Gasteiger partial charge in [0.1, 0.15) is 5.54 Å². The van der Waals surface area contributed by atoms with Crippen LogP contribution in [0.4, 0.5) is 0 Å². The standard InChI is InChI=1S/C18H32N2O3/c1-5-22-13-10-12(17(13)8-7-9-17)20-15(21)18(19)11-14(23-6-2)16(18,3)4/h12-14H,5-11,19H2,1-4H3,(H,20,21). The van der Waals surface area contributed by atoms with E-state index in [4.69, 9.17) is 15.2 Å². The molecular formula is C18H32N2O3. The summed E-state index contributed by atoms with van der Waals surface area (Å²) in [7, 11) is 0. The number of hydrogen-bond acceptors (Lipinski definition) is 4. The van der Waals surface area contributed by atoms with Crippen molar-refractivity contribution in [1.29, 1.82) is 0 Å². The quantitative estimate of drug-likeness (QED) is 0.783. The Morgan fingerprint density at radius 1 is 1.17 bits per heavy atom. The molecule has 3 aliphatic carbocycles. The first-order valence-corrected chi connectivity index (χ1v) is 9.15. The largest absolute Gasteiger partial charge is 0.378 e. The summed E-state index contributed by atoms with van der Waals surface area (Å²) in [5, 5.41) is 3.26. The van der Waals surface area contributed by atoms with Crippen molar-refractivity contribution in [2.24, 2.45) is 16.6 Å². The van der Waals surface area contributed by atoms with Gasteiger partial charge < -0.3 is 20.5 Å². The lowest BCUT2D eigenvalue weighted by molar-refractivity contribution is -0.189. The highest BCUT2D eigenvalue weighted by molar-refractivity contribution is 5.89. The Bertz CT molecular complexity index is 475. The minimum atomic E-state index is -0.825. The SMILES string of the molecule is CCOC1CC(NC(=O)C2(N)CC(OCC)C2(C)C)C12CCC2. The summed E-state index contributed by atoms with van der Waals surface area (Å²) < 4.78 is 11.6. The van der Waals surface area contributed by atoms with Crippen molar-refractivity contribution in [1.82, 2.24) is 5.32 Å². The number of rotatable bonds is 6. The van der Waals surface area contributed by atoms with Gasteiger partial charge in [0, 0.05) is 36.5 Å². The number of ether oxygens (including phenoxy) is 2. The second-order valence-electron chi connectivity index (χ2n) is 8.13. The van der Waals surface area contributed by atoms with Gasteiger partial charge in [-0.2, -0.15) is 0 Å². The smallest absolute Gasteiger partial charge is 0.241 e. The van der Waals surface area contributed by atoms with Gasteiger partial charge in [-0.05, 0) is 33.1 Å². The van der Waals surface area contributed by atoms with Gasteiger partial charge in [0.05, 0.1) is 12.2 Å². The summed E-state index contributed by atoms with van der Waals surface area (Å²) >= 11 is 0. The highest BCUT2D eigenvalue weighted by Gasteiger charge is 2.65. The highest BCUT2D eigenvalue weighted by atomic mass is 16.5. The van der Waals surface area contributed by atoms with Crippen LogP contribution in [0.5, 0.6) is 0 Å². The summed E-state index contributed by atoms with van der Waals surface area (Å²) in [5.74, 6) is -0.00956. The van der Waals surface area contributed by atoms with Gasteiger partial charge in [-0.25, -0.2) is 0 Å². The van der Waals surface area contributed by atoms with Crippen molar-refractivity contribution >= 4 is 5.91 Å². The van der Waals surface area contributed by atoms with Gasteiger partial charge in [0.15, 0.2) is 0 Å².